The van der Waals surface area contributed by atoms with Crippen LogP contribution in [-0.2, 0) is 29.0 Å². The number of nitrogens with zero attached hydrogens (tertiary/aromatic N) is 5. The van der Waals surface area contributed by atoms with Crippen molar-refractivity contribution in [2.75, 3.05) is 65.5 Å². The fraction of sp³-hybridized carbons (Fsp3) is 0.452. The van der Waals surface area contributed by atoms with Gasteiger partial charge in [0.1, 0.15) is 5.75 Å². The number of methoxy groups -OCH3 is 1. The molecule has 1 aliphatic carbocycles. The lowest BCUT2D eigenvalue weighted by Crippen LogP contribution is -2.46. The molecule has 14 heteroatoms. The quantitative estimate of drug-likeness (QED) is 0.327. The van der Waals surface area contributed by atoms with Gasteiger partial charge in [-0.25, -0.2) is 18.4 Å². The predicted octanol–water partition coefficient (Wildman–Crippen LogP) is 4.03. The van der Waals surface area contributed by atoms with Gasteiger partial charge in [0.15, 0.2) is 5.78 Å². The van der Waals surface area contributed by atoms with E-state index >= 15 is 0 Å². The van der Waals surface area contributed by atoms with E-state index in [1.165, 1.54) is 18.5 Å². The summed E-state index contributed by atoms with van der Waals surface area (Å²) in [5, 5.41) is 2.95. The zero-order valence-corrected chi connectivity index (χ0v) is 26.5. The molecule has 1 saturated heterocycles. The van der Waals surface area contributed by atoms with Gasteiger partial charge in [-0.15, -0.1) is 0 Å². The fourth-order valence-electron chi connectivity index (χ4n) is 6.05. The number of rotatable bonds is 10. The number of alkyl halides is 3. The fourth-order valence-corrected chi connectivity index (χ4v) is 6.74. The molecule has 1 N–H and O–H groups in total. The normalized spacial score (nSPS) is 19.5. The highest BCUT2D eigenvalue weighted by Crippen LogP contribution is 2.43. The first-order valence-electron chi connectivity index (χ1n) is 14.6. The van der Waals surface area contributed by atoms with Crippen LogP contribution >= 0.6 is 0 Å². The van der Waals surface area contributed by atoms with Crippen molar-refractivity contribution in [1.29, 1.82) is 0 Å². The molecule has 0 radical (unpaired) electrons. The maximum atomic E-state index is 14.2. The number of halogens is 3. The van der Waals surface area contributed by atoms with Gasteiger partial charge in [0.25, 0.3) is 0 Å². The number of piperazine rings is 1. The van der Waals surface area contributed by atoms with Crippen molar-refractivity contribution in [3.8, 4) is 5.75 Å². The topological polar surface area (TPSA) is 108 Å². The summed E-state index contributed by atoms with van der Waals surface area (Å²) in [6, 6.07) is 11.5. The van der Waals surface area contributed by atoms with Crippen molar-refractivity contribution >= 4 is 27.4 Å². The van der Waals surface area contributed by atoms with E-state index in [9.17, 15) is 26.4 Å². The Hall–Kier alpha value is -3.59. The van der Waals surface area contributed by atoms with Crippen LogP contribution in [0.4, 0.5) is 24.8 Å². The molecule has 0 amide bonds. The highest BCUT2D eigenvalue weighted by atomic mass is 32.2. The van der Waals surface area contributed by atoms with Crippen molar-refractivity contribution in [3.05, 3.63) is 76.6 Å². The molecule has 0 spiro atoms. The molecule has 2 aromatic carbocycles. The molecule has 0 bridgehead atoms. The van der Waals surface area contributed by atoms with Gasteiger partial charge in [0, 0.05) is 45.0 Å². The number of Topliss-reactive ketones (excluding diaryl/α,β-unsaturated/α-hetero) is 1. The zero-order chi connectivity index (χ0) is 32.5. The first kappa shape index (κ1) is 32.8. The van der Waals surface area contributed by atoms with Gasteiger partial charge < -0.3 is 15.0 Å². The summed E-state index contributed by atoms with van der Waals surface area (Å²) in [4.78, 5) is 25.5. The molecule has 2 atom stereocenters. The summed E-state index contributed by atoms with van der Waals surface area (Å²) < 4.78 is 74.2. The number of benzene rings is 2. The monoisotopic (exact) mass is 646 g/mol. The Kier molecular flexibility index (Phi) is 9.49. The van der Waals surface area contributed by atoms with E-state index in [-0.39, 0.29) is 30.4 Å². The van der Waals surface area contributed by atoms with Crippen molar-refractivity contribution < 1.29 is 31.1 Å². The Labute approximate surface area is 261 Å². The number of nitrogens with one attached hydrogen (secondary N) is 1. The predicted molar refractivity (Wildman–Crippen MR) is 164 cm³/mol. The first-order valence-corrected chi connectivity index (χ1v) is 16.4. The molecule has 242 valence electrons. The smallest absolute Gasteiger partial charge is 0.419 e. The number of hydrogen-bond acceptors (Lipinski definition) is 9. The second-order valence-electron chi connectivity index (χ2n) is 11.7. The molecule has 1 fully saturated rings. The van der Waals surface area contributed by atoms with Gasteiger partial charge in [-0.1, -0.05) is 24.3 Å². The maximum absolute atomic E-state index is 14.2. The standard InChI is InChI=1S/C31H37F3N6O4S/c1-38-11-13-40(14-12-38)19-27(41)21-9-10-25(28(17-21)44-3)36-30-35-18-24(31(32,33)34)26(37-30)16-22-15-20-7-5-6-8-23(20)29(22)39(2)45(4,42)43/h5-10,17-18,22,29H,11-16,19H2,1-4H3,(H,35,36,37)/t22-,29-/m0/s1. The highest BCUT2D eigenvalue weighted by molar-refractivity contribution is 7.88. The molecule has 3 aromatic rings. The van der Waals surface area contributed by atoms with E-state index in [2.05, 4.69) is 25.1 Å². The van der Waals surface area contributed by atoms with Gasteiger partial charge in [0.05, 0.1) is 42.9 Å². The van der Waals surface area contributed by atoms with Crippen molar-refractivity contribution in [1.82, 2.24) is 24.1 Å². The van der Waals surface area contributed by atoms with Crippen molar-refractivity contribution in [2.45, 2.75) is 25.1 Å². The number of ether oxygens (including phenoxy) is 1. The molecule has 1 aliphatic heterocycles. The molecule has 0 saturated carbocycles. The lowest BCUT2D eigenvalue weighted by atomic mass is 9.93. The number of hydrogen-bond donors (Lipinski definition) is 1. The molecule has 45 heavy (non-hydrogen) atoms. The summed E-state index contributed by atoms with van der Waals surface area (Å²) >= 11 is 0. The SMILES string of the molecule is COc1cc(C(=O)CN2CCN(C)CC2)ccc1Nc1ncc(C(F)(F)F)c(C[C@@H]2Cc3ccccc3[C@H]2N(C)S(C)(=O)=O)n1. The van der Waals surface area contributed by atoms with E-state index in [0.29, 0.717) is 23.4 Å². The number of aromatic nitrogens is 2. The molecule has 2 aliphatic rings. The third-order valence-corrected chi connectivity index (χ3v) is 9.85. The van der Waals surface area contributed by atoms with Crippen LogP contribution in [0.25, 0.3) is 0 Å². The van der Waals surface area contributed by atoms with Crippen molar-refractivity contribution in [3.63, 3.8) is 0 Å². The van der Waals surface area contributed by atoms with Crippen LogP contribution in [-0.4, -0.2) is 98.5 Å². The molecular formula is C31H37F3N6O4S. The Morgan fingerprint density at radius 2 is 1.84 bits per heavy atom. The largest absolute Gasteiger partial charge is 0.495 e. The van der Waals surface area contributed by atoms with E-state index in [4.69, 9.17) is 4.74 Å². The van der Waals surface area contributed by atoms with Gasteiger partial charge in [-0.2, -0.15) is 17.5 Å². The first-order chi connectivity index (χ1) is 21.2. The number of likely N-dealkylation sites (N-methyl/N-ethyl adjacent to an activating group) is 1. The van der Waals surface area contributed by atoms with Crippen LogP contribution in [0.5, 0.6) is 5.75 Å². The van der Waals surface area contributed by atoms with E-state index in [1.807, 2.05) is 25.2 Å². The Balaban J connectivity index is 1.40. The Morgan fingerprint density at radius 3 is 2.51 bits per heavy atom. The molecule has 2 heterocycles. The number of fused-ring (bicyclic) bond motifs is 1. The summed E-state index contributed by atoms with van der Waals surface area (Å²) in [7, 11) is 1.27. The Bertz CT molecular complexity index is 1660. The Morgan fingerprint density at radius 1 is 1.13 bits per heavy atom. The van der Waals surface area contributed by atoms with Crippen LogP contribution in [0.2, 0.25) is 0 Å². The summed E-state index contributed by atoms with van der Waals surface area (Å²) in [5.41, 5.74) is 1.25. The molecule has 10 nitrogen and oxygen atoms in total. The lowest BCUT2D eigenvalue weighted by Gasteiger charge is -2.31. The van der Waals surface area contributed by atoms with Crippen LogP contribution in [0.15, 0.2) is 48.7 Å². The van der Waals surface area contributed by atoms with Gasteiger partial charge in [-0.05, 0) is 55.1 Å². The van der Waals surface area contributed by atoms with Crippen LogP contribution in [0.3, 0.4) is 0 Å². The van der Waals surface area contributed by atoms with Crippen LogP contribution in [0, 0.1) is 5.92 Å². The molecular weight excluding hydrogens is 609 g/mol. The van der Waals surface area contributed by atoms with Crippen LogP contribution < -0.4 is 10.1 Å². The third kappa shape index (κ3) is 7.46. The van der Waals surface area contributed by atoms with Crippen molar-refractivity contribution in [2.24, 2.45) is 5.92 Å². The minimum absolute atomic E-state index is 0.0661. The zero-order valence-electron chi connectivity index (χ0n) is 25.6. The van der Waals surface area contributed by atoms with Gasteiger partial charge >= 0.3 is 6.18 Å². The minimum Gasteiger partial charge on any atom is -0.495 e. The third-order valence-electron chi connectivity index (χ3n) is 8.58. The lowest BCUT2D eigenvalue weighted by molar-refractivity contribution is -0.138. The number of carbonyl (C=O) groups excluding carboxylic acids is 1. The van der Waals surface area contributed by atoms with Gasteiger partial charge in [0.2, 0.25) is 16.0 Å². The minimum atomic E-state index is -4.72. The second kappa shape index (κ2) is 13.0. The maximum Gasteiger partial charge on any atom is 0.419 e. The number of ketones is 1. The number of carbonyl (C=O) groups is 1. The van der Waals surface area contributed by atoms with E-state index < -0.39 is 33.7 Å². The number of anilines is 2. The summed E-state index contributed by atoms with van der Waals surface area (Å²) in [6.45, 7) is 3.64. The average Bonchev–Trinajstić information content (AvgIpc) is 3.34. The summed E-state index contributed by atoms with van der Waals surface area (Å²) in [6.07, 6.45) is -2.65. The van der Waals surface area contributed by atoms with Gasteiger partial charge in [-0.3, -0.25) is 9.69 Å². The molecule has 5 rings (SSSR count). The number of sulfonamides is 1. The molecule has 0 unspecified atom stereocenters. The van der Waals surface area contributed by atoms with E-state index in [0.717, 1.165) is 49.8 Å². The highest BCUT2D eigenvalue weighted by Gasteiger charge is 2.41. The van der Waals surface area contributed by atoms with Crippen LogP contribution in [0.1, 0.15) is 38.8 Å². The van der Waals surface area contributed by atoms with E-state index in [1.54, 1.807) is 24.3 Å². The average molecular weight is 647 g/mol. The second-order valence-corrected chi connectivity index (χ2v) is 13.7. The summed E-state index contributed by atoms with van der Waals surface area (Å²) in [5.74, 6) is -0.337. The molecule has 1 aromatic heterocycles.